The predicted octanol–water partition coefficient (Wildman–Crippen LogP) is -0.0599. The van der Waals surface area contributed by atoms with Gasteiger partial charge >= 0.3 is 5.97 Å². The molecule has 0 aromatic heterocycles. The second kappa shape index (κ2) is 7.40. The standard InChI is InChI=1S/C14H25N3O4/c1-8(2)7-10(15)12(18)16-9(3)13(19)17-6-4-5-11(17)14(20)21/h8-11H,4-7,15H2,1-3H3,(H,16,18)(H,20,21)/t9-,10-,11-/m0/s1. The Kier molecular flexibility index (Phi) is 6.14. The lowest BCUT2D eigenvalue weighted by Gasteiger charge is -2.26. The maximum atomic E-state index is 12.2. The molecule has 7 heteroatoms. The number of carbonyl (C=O) groups is 3. The summed E-state index contributed by atoms with van der Waals surface area (Å²) in [6.07, 6.45) is 1.65. The van der Waals surface area contributed by atoms with E-state index in [-0.39, 0.29) is 17.7 Å². The van der Waals surface area contributed by atoms with Gasteiger partial charge in [0.05, 0.1) is 6.04 Å². The van der Waals surface area contributed by atoms with Crippen molar-refractivity contribution in [2.75, 3.05) is 6.54 Å². The van der Waals surface area contributed by atoms with Crippen LogP contribution >= 0.6 is 0 Å². The fourth-order valence-electron chi connectivity index (χ4n) is 2.53. The molecule has 0 aromatic rings. The third-order valence-electron chi connectivity index (χ3n) is 3.61. The number of nitrogens with one attached hydrogen (secondary N) is 1. The SMILES string of the molecule is CC(C)C[C@H](N)C(=O)N[C@@H](C)C(=O)N1CCC[C@H]1C(=O)O. The van der Waals surface area contributed by atoms with E-state index in [1.54, 1.807) is 6.92 Å². The van der Waals surface area contributed by atoms with Crippen molar-refractivity contribution in [3.05, 3.63) is 0 Å². The van der Waals surface area contributed by atoms with Crippen LogP contribution in [0.4, 0.5) is 0 Å². The van der Waals surface area contributed by atoms with Gasteiger partial charge in [-0.05, 0) is 32.1 Å². The Balaban J connectivity index is 2.58. The van der Waals surface area contributed by atoms with Crippen LogP contribution in [0.3, 0.4) is 0 Å². The third-order valence-corrected chi connectivity index (χ3v) is 3.61. The van der Waals surface area contributed by atoms with E-state index in [9.17, 15) is 14.4 Å². The molecule has 2 amide bonds. The minimum absolute atomic E-state index is 0.284. The number of amides is 2. The van der Waals surface area contributed by atoms with Gasteiger partial charge < -0.3 is 21.1 Å². The quantitative estimate of drug-likeness (QED) is 0.636. The maximum Gasteiger partial charge on any atom is 0.326 e. The molecule has 120 valence electrons. The fraction of sp³-hybridized carbons (Fsp3) is 0.786. The Morgan fingerprint density at radius 2 is 1.95 bits per heavy atom. The van der Waals surface area contributed by atoms with Gasteiger partial charge in [-0.2, -0.15) is 0 Å². The molecule has 4 N–H and O–H groups in total. The molecule has 1 saturated heterocycles. The van der Waals surface area contributed by atoms with Crippen molar-refractivity contribution < 1.29 is 19.5 Å². The maximum absolute atomic E-state index is 12.2. The predicted molar refractivity (Wildman–Crippen MR) is 77.4 cm³/mol. The van der Waals surface area contributed by atoms with Crippen LogP contribution in [-0.4, -0.2) is 52.5 Å². The molecule has 3 atom stereocenters. The lowest BCUT2D eigenvalue weighted by Crippen LogP contribution is -2.53. The molecule has 0 aromatic carbocycles. The number of carboxylic acids is 1. The van der Waals surface area contributed by atoms with Crippen molar-refractivity contribution in [2.24, 2.45) is 11.7 Å². The van der Waals surface area contributed by atoms with Gasteiger partial charge in [0.2, 0.25) is 11.8 Å². The summed E-state index contributed by atoms with van der Waals surface area (Å²) < 4.78 is 0. The van der Waals surface area contributed by atoms with Gasteiger partial charge in [-0.1, -0.05) is 13.8 Å². The molecule has 1 fully saturated rings. The van der Waals surface area contributed by atoms with Gasteiger partial charge in [0, 0.05) is 6.54 Å². The number of hydrogen-bond donors (Lipinski definition) is 3. The zero-order chi connectivity index (χ0) is 16.2. The van der Waals surface area contributed by atoms with E-state index in [1.807, 2.05) is 13.8 Å². The van der Waals surface area contributed by atoms with Crippen molar-refractivity contribution in [3.63, 3.8) is 0 Å². The van der Waals surface area contributed by atoms with Crippen molar-refractivity contribution in [3.8, 4) is 0 Å². The minimum atomic E-state index is -1.00. The number of rotatable bonds is 6. The Bertz CT molecular complexity index is 411. The third kappa shape index (κ3) is 4.70. The molecule has 1 heterocycles. The van der Waals surface area contributed by atoms with E-state index in [0.29, 0.717) is 25.8 Å². The first-order valence-electron chi connectivity index (χ1n) is 7.33. The molecular formula is C14H25N3O4. The van der Waals surface area contributed by atoms with E-state index < -0.39 is 24.1 Å². The largest absolute Gasteiger partial charge is 0.480 e. The smallest absolute Gasteiger partial charge is 0.326 e. The number of likely N-dealkylation sites (tertiary alicyclic amines) is 1. The first-order valence-corrected chi connectivity index (χ1v) is 7.33. The minimum Gasteiger partial charge on any atom is -0.480 e. The Morgan fingerprint density at radius 1 is 1.33 bits per heavy atom. The average molecular weight is 299 g/mol. The number of carboxylic acid groups (broad SMARTS) is 1. The molecule has 1 aliphatic heterocycles. The Hall–Kier alpha value is -1.63. The molecule has 0 bridgehead atoms. The zero-order valence-electron chi connectivity index (χ0n) is 12.8. The van der Waals surface area contributed by atoms with Crippen molar-refractivity contribution >= 4 is 17.8 Å². The average Bonchev–Trinajstić information content (AvgIpc) is 2.85. The summed E-state index contributed by atoms with van der Waals surface area (Å²) in [7, 11) is 0. The number of hydrogen-bond acceptors (Lipinski definition) is 4. The van der Waals surface area contributed by atoms with Crippen LogP contribution in [0.2, 0.25) is 0 Å². The number of nitrogens with zero attached hydrogens (tertiary/aromatic N) is 1. The van der Waals surface area contributed by atoms with Gasteiger partial charge in [0.1, 0.15) is 12.1 Å². The highest BCUT2D eigenvalue weighted by molar-refractivity contribution is 5.91. The van der Waals surface area contributed by atoms with Crippen LogP contribution in [0.15, 0.2) is 0 Å². The molecule has 0 unspecified atom stereocenters. The van der Waals surface area contributed by atoms with Gasteiger partial charge in [-0.3, -0.25) is 9.59 Å². The summed E-state index contributed by atoms with van der Waals surface area (Å²) in [5.41, 5.74) is 5.76. The molecular weight excluding hydrogens is 274 g/mol. The van der Waals surface area contributed by atoms with Crippen LogP contribution in [0.5, 0.6) is 0 Å². The Morgan fingerprint density at radius 3 is 2.48 bits per heavy atom. The van der Waals surface area contributed by atoms with E-state index in [2.05, 4.69) is 5.32 Å². The Labute approximate surface area is 124 Å². The lowest BCUT2D eigenvalue weighted by molar-refractivity contribution is -0.149. The van der Waals surface area contributed by atoms with E-state index in [0.717, 1.165) is 0 Å². The van der Waals surface area contributed by atoms with Crippen LogP contribution in [0, 0.1) is 5.92 Å². The van der Waals surface area contributed by atoms with Crippen LogP contribution in [0.25, 0.3) is 0 Å². The first kappa shape index (κ1) is 17.4. The van der Waals surface area contributed by atoms with Gasteiger partial charge in [-0.25, -0.2) is 4.79 Å². The highest BCUT2D eigenvalue weighted by Gasteiger charge is 2.36. The molecule has 0 spiro atoms. The summed E-state index contributed by atoms with van der Waals surface area (Å²) in [4.78, 5) is 36.6. The topological polar surface area (TPSA) is 113 Å². The summed E-state index contributed by atoms with van der Waals surface area (Å²) in [5.74, 6) is -1.47. The van der Waals surface area contributed by atoms with Crippen molar-refractivity contribution in [2.45, 2.75) is 58.2 Å². The van der Waals surface area contributed by atoms with E-state index in [4.69, 9.17) is 10.8 Å². The molecule has 1 rings (SSSR count). The van der Waals surface area contributed by atoms with Crippen molar-refractivity contribution in [1.29, 1.82) is 0 Å². The number of nitrogens with two attached hydrogens (primary N) is 1. The van der Waals surface area contributed by atoms with Crippen molar-refractivity contribution in [1.82, 2.24) is 10.2 Å². The highest BCUT2D eigenvalue weighted by atomic mass is 16.4. The van der Waals surface area contributed by atoms with Crippen LogP contribution in [0.1, 0.15) is 40.0 Å². The lowest BCUT2D eigenvalue weighted by atomic mass is 10.0. The van der Waals surface area contributed by atoms with Gasteiger partial charge in [0.25, 0.3) is 0 Å². The zero-order valence-corrected chi connectivity index (χ0v) is 12.8. The summed E-state index contributed by atoms with van der Waals surface area (Å²) in [6.45, 7) is 5.89. The van der Waals surface area contributed by atoms with Crippen LogP contribution < -0.4 is 11.1 Å². The molecule has 0 aliphatic carbocycles. The summed E-state index contributed by atoms with van der Waals surface area (Å²) >= 11 is 0. The first-order chi connectivity index (χ1) is 9.73. The van der Waals surface area contributed by atoms with Crippen LogP contribution in [-0.2, 0) is 14.4 Å². The van der Waals surface area contributed by atoms with E-state index >= 15 is 0 Å². The van der Waals surface area contributed by atoms with E-state index in [1.165, 1.54) is 4.90 Å². The second-order valence-electron chi connectivity index (χ2n) is 5.99. The fourth-order valence-corrected chi connectivity index (χ4v) is 2.53. The second-order valence-corrected chi connectivity index (χ2v) is 5.99. The van der Waals surface area contributed by atoms with Gasteiger partial charge in [0.15, 0.2) is 0 Å². The summed E-state index contributed by atoms with van der Waals surface area (Å²) in [5, 5.41) is 11.7. The molecule has 21 heavy (non-hydrogen) atoms. The highest BCUT2D eigenvalue weighted by Crippen LogP contribution is 2.18. The normalized spacial score (nSPS) is 21.2. The molecule has 7 nitrogen and oxygen atoms in total. The summed E-state index contributed by atoms with van der Waals surface area (Å²) in [6, 6.07) is -2.22. The monoisotopic (exact) mass is 299 g/mol. The van der Waals surface area contributed by atoms with Gasteiger partial charge in [-0.15, -0.1) is 0 Å². The molecule has 1 aliphatic rings. The number of carbonyl (C=O) groups excluding carboxylic acids is 2. The number of aliphatic carboxylic acids is 1. The molecule has 0 saturated carbocycles. The molecule has 0 radical (unpaired) electrons.